The summed E-state index contributed by atoms with van der Waals surface area (Å²) in [6.07, 6.45) is 3.79. The minimum absolute atomic E-state index is 0.0755. The lowest BCUT2D eigenvalue weighted by molar-refractivity contribution is 0.0732. The topological polar surface area (TPSA) is 67.4 Å². The summed E-state index contributed by atoms with van der Waals surface area (Å²) in [6.45, 7) is 0. The number of rotatable bonds is 3. The van der Waals surface area contributed by atoms with Crippen LogP contribution in [0.3, 0.4) is 0 Å². The zero-order chi connectivity index (χ0) is 20.7. The fourth-order valence-corrected chi connectivity index (χ4v) is 5.70. The number of aryl methyl sites for hydroxylation is 1. The molecular formula is C23H19BrN2O3S. The number of fused-ring (bicyclic) bond motifs is 3. The molecule has 1 amide bonds. The Bertz CT molecular complexity index is 1140. The largest absolute Gasteiger partial charge is 0.422 e. The zero-order valence-electron chi connectivity index (χ0n) is 16.0. The van der Waals surface area contributed by atoms with Crippen LogP contribution in [0.15, 0.2) is 53.0 Å². The van der Waals surface area contributed by atoms with Crippen molar-refractivity contribution in [2.45, 2.75) is 31.8 Å². The number of hydrogen-bond acceptors (Lipinski definition) is 5. The summed E-state index contributed by atoms with van der Waals surface area (Å²) < 4.78 is 6.53. The fourth-order valence-electron chi connectivity index (χ4n) is 4.00. The lowest BCUT2D eigenvalue weighted by Gasteiger charge is -2.28. The Kier molecular flexibility index (Phi) is 5.08. The molecule has 0 bridgehead atoms. The Morgan fingerprint density at radius 2 is 1.87 bits per heavy atom. The molecule has 2 N–H and O–H groups in total. The van der Waals surface area contributed by atoms with Crippen LogP contribution in [0.2, 0.25) is 0 Å². The Balaban J connectivity index is 1.47. The minimum atomic E-state index is -0.485. The van der Waals surface area contributed by atoms with E-state index in [9.17, 15) is 9.59 Å². The molecule has 1 aliphatic carbocycles. The van der Waals surface area contributed by atoms with Crippen molar-refractivity contribution in [2.24, 2.45) is 0 Å². The van der Waals surface area contributed by atoms with Crippen molar-refractivity contribution in [3.8, 4) is 5.75 Å². The number of ether oxygens (including phenoxy) is 1. The number of halogens is 1. The maximum atomic E-state index is 13.0. The highest BCUT2D eigenvalue weighted by Crippen LogP contribution is 2.42. The molecule has 0 fully saturated rings. The predicted octanol–water partition coefficient (Wildman–Crippen LogP) is 5.46. The third-order valence-electron chi connectivity index (χ3n) is 5.44. The van der Waals surface area contributed by atoms with Crippen molar-refractivity contribution in [1.29, 1.82) is 0 Å². The van der Waals surface area contributed by atoms with Crippen molar-refractivity contribution in [2.75, 3.05) is 5.32 Å². The highest BCUT2D eigenvalue weighted by atomic mass is 79.9. The van der Waals surface area contributed by atoms with Gasteiger partial charge in [0.25, 0.3) is 5.91 Å². The summed E-state index contributed by atoms with van der Waals surface area (Å²) in [5.74, 6) is -0.100. The number of esters is 1. The third kappa shape index (κ3) is 3.52. The summed E-state index contributed by atoms with van der Waals surface area (Å²) in [6, 6.07) is 14.3. The van der Waals surface area contributed by atoms with Crippen LogP contribution in [0, 0.1) is 0 Å². The molecule has 2 heterocycles. The monoisotopic (exact) mass is 482 g/mol. The van der Waals surface area contributed by atoms with E-state index in [1.807, 2.05) is 18.2 Å². The average Bonchev–Trinajstić information content (AvgIpc) is 3.14. The second-order valence-electron chi connectivity index (χ2n) is 7.40. The van der Waals surface area contributed by atoms with Crippen molar-refractivity contribution >= 4 is 44.1 Å². The fraction of sp³-hybridized carbons (Fsp3) is 0.217. The van der Waals surface area contributed by atoms with E-state index in [2.05, 4.69) is 26.6 Å². The lowest BCUT2D eigenvalue weighted by Crippen LogP contribution is -2.38. The first kappa shape index (κ1) is 19.3. The Labute approximate surface area is 186 Å². The van der Waals surface area contributed by atoms with Crippen molar-refractivity contribution in [3.05, 3.63) is 80.1 Å². The zero-order valence-corrected chi connectivity index (χ0v) is 18.4. The van der Waals surface area contributed by atoms with Crippen LogP contribution < -0.4 is 15.4 Å². The van der Waals surface area contributed by atoms with Crippen LogP contribution in [0.5, 0.6) is 5.75 Å². The van der Waals surface area contributed by atoms with Crippen LogP contribution in [0.25, 0.3) is 0 Å². The van der Waals surface area contributed by atoms with Gasteiger partial charge in [-0.15, -0.1) is 11.3 Å². The third-order valence-corrected chi connectivity index (χ3v) is 7.16. The van der Waals surface area contributed by atoms with Gasteiger partial charge in [-0.3, -0.25) is 4.79 Å². The molecule has 0 spiro atoms. The molecule has 0 radical (unpaired) electrons. The van der Waals surface area contributed by atoms with Gasteiger partial charge in [-0.05, 0) is 61.6 Å². The molecule has 2 aliphatic rings. The van der Waals surface area contributed by atoms with Crippen LogP contribution in [-0.4, -0.2) is 11.9 Å². The molecule has 5 nitrogen and oxygen atoms in total. The average molecular weight is 483 g/mol. The highest BCUT2D eigenvalue weighted by molar-refractivity contribution is 9.10. The molecule has 1 aliphatic heterocycles. The van der Waals surface area contributed by atoms with Gasteiger partial charge in [0.1, 0.15) is 16.9 Å². The number of amides is 1. The number of anilines is 1. The normalized spacial score (nSPS) is 17.4. The van der Waals surface area contributed by atoms with E-state index in [0.29, 0.717) is 16.9 Å². The van der Waals surface area contributed by atoms with Crippen LogP contribution in [0.1, 0.15) is 55.7 Å². The lowest BCUT2D eigenvalue weighted by atomic mass is 9.94. The molecule has 0 saturated heterocycles. The van der Waals surface area contributed by atoms with E-state index in [4.69, 9.17) is 4.74 Å². The van der Waals surface area contributed by atoms with Gasteiger partial charge < -0.3 is 15.4 Å². The van der Waals surface area contributed by atoms with Gasteiger partial charge in [0.2, 0.25) is 0 Å². The quantitative estimate of drug-likeness (QED) is 0.384. The molecule has 0 saturated carbocycles. The summed E-state index contributed by atoms with van der Waals surface area (Å²) in [5.41, 5.74) is 3.14. The van der Waals surface area contributed by atoms with Gasteiger partial charge in [-0.1, -0.05) is 34.1 Å². The minimum Gasteiger partial charge on any atom is -0.422 e. The Morgan fingerprint density at radius 1 is 1.07 bits per heavy atom. The molecule has 30 heavy (non-hydrogen) atoms. The summed E-state index contributed by atoms with van der Waals surface area (Å²) in [4.78, 5) is 26.9. The van der Waals surface area contributed by atoms with E-state index < -0.39 is 12.1 Å². The second-order valence-corrected chi connectivity index (χ2v) is 9.42. The second kappa shape index (κ2) is 7.89. The van der Waals surface area contributed by atoms with E-state index in [0.717, 1.165) is 34.3 Å². The highest BCUT2D eigenvalue weighted by Gasteiger charge is 2.33. The van der Waals surface area contributed by atoms with Crippen molar-refractivity contribution < 1.29 is 14.3 Å². The first-order chi connectivity index (χ1) is 14.6. The number of carbonyl (C=O) groups excluding carboxylic acids is 2. The number of hydrogen-bond donors (Lipinski definition) is 2. The molecule has 2 aromatic carbocycles. The molecule has 3 aromatic rings. The molecule has 7 heteroatoms. The van der Waals surface area contributed by atoms with Crippen LogP contribution >= 0.6 is 27.3 Å². The number of nitrogens with one attached hydrogen (secondary N) is 2. The van der Waals surface area contributed by atoms with Crippen molar-refractivity contribution in [1.82, 2.24) is 5.32 Å². The number of thiophene rings is 1. The van der Waals surface area contributed by atoms with Gasteiger partial charge in [-0.25, -0.2) is 4.79 Å². The van der Waals surface area contributed by atoms with E-state index in [1.54, 1.807) is 41.7 Å². The van der Waals surface area contributed by atoms with Crippen LogP contribution in [0.4, 0.5) is 5.00 Å². The van der Waals surface area contributed by atoms with E-state index in [1.165, 1.54) is 16.9 Å². The first-order valence-electron chi connectivity index (χ1n) is 9.89. The Hall–Kier alpha value is -2.64. The number of carbonyl (C=O) groups is 2. The standard InChI is InChI=1S/C23H19BrN2O3S/c24-14-10-11-17(29-23(28)13-6-2-1-3-7-13)16(12-14)20-25-21(27)19-15-8-4-5-9-18(15)30-22(19)26-20/h1-3,6-7,10-12,20,26H,4-5,8-9H2,(H,25,27). The number of benzene rings is 2. The first-order valence-corrected chi connectivity index (χ1v) is 11.5. The van der Waals surface area contributed by atoms with Gasteiger partial charge in [-0.2, -0.15) is 0 Å². The molecule has 1 unspecified atom stereocenters. The Morgan fingerprint density at radius 3 is 2.70 bits per heavy atom. The molecule has 1 aromatic heterocycles. The van der Waals surface area contributed by atoms with Crippen LogP contribution in [-0.2, 0) is 12.8 Å². The summed E-state index contributed by atoms with van der Waals surface area (Å²) >= 11 is 5.16. The molecular weight excluding hydrogens is 464 g/mol. The molecule has 5 rings (SSSR count). The smallest absolute Gasteiger partial charge is 0.343 e. The maximum Gasteiger partial charge on any atom is 0.343 e. The van der Waals surface area contributed by atoms with E-state index >= 15 is 0 Å². The van der Waals surface area contributed by atoms with E-state index in [-0.39, 0.29) is 5.91 Å². The SMILES string of the molecule is O=C(Oc1ccc(Br)cc1C1NC(=O)c2c(sc3c2CCCC3)N1)c1ccccc1. The van der Waals surface area contributed by atoms with Gasteiger partial charge in [0.05, 0.1) is 11.1 Å². The maximum absolute atomic E-state index is 13.0. The molecule has 1 atom stereocenters. The van der Waals surface area contributed by atoms with Gasteiger partial charge in [0.15, 0.2) is 0 Å². The summed E-state index contributed by atoms with van der Waals surface area (Å²) in [5, 5.41) is 7.41. The van der Waals surface area contributed by atoms with Gasteiger partial charge >= 0.3 is 5.97 Å². The van der Waals surface area contributed by atoms with Gasteiger partial charge in [0, 0.05) is 14.9 Å². The summed E-state index contributed by atoms with van der Waals surface area (Å²) in [7, 11) is 0. The molecule has 152 valence electrons. The predicted molar refractivity (Wildman–Crippen MR) is 120 cm³/mol. The van der Waals surface area contributed by atoms with Crippen molar-refractivity contribution in [3.63, 3.8) is 0 Å².